The Morgan fingerprint density at radius 1 is 1.29 bits per heavy atom. The highest BCUT2D eigenvalue weighted by Crippen LogP contribution is 2.27. The number of nitrogens with zero attached hydrogens (tertiary/aromatic N) is 1. The highest BCUT2D eigenvalue weighted by Gasteiger charge is 2.30. The Balaban J connectivity index is 1.55. The van der Waals surface area contributed by atoms with Crippen molar-refractivity contribution in [3.63, 3.8) is 0 Å². The Hall–Kier alpha value is -1.12. The summed E-state index contributed by atoms with van der Waals surface area (Å²) in [6, 6.07) is 10.4. The number of hydrogen-bond acceptors (Lipinski definition) is 2. The van der Waals surface area contributed by atoms with Gasteiger partial charge in [0.1, 0.15) is 0 Å². The Bertz CT molecular complexity index is 481. The maximum atomic E-state index is 3.74. The van der Waals surface area contributed by atoms with Crippen molar-refractivity contribution in [1.82, 2.24) is 10.2 Å². The third-order valence-electron chi connectivity index (χ3n) is 5.16. The van der Waals surface area contributed by atoms with Gasteiger partial charge in [-0.15, -0.1) is 0 Å². The molecule has 1 aliphatic carbocycles. The van der Waals surface area contributed by atoms with Gasteiger partial charge in [-0.1, -0.05) is 35.9 Å². The van der Waals surface area contributed by atoms with Crippen LogP contribution in [-0.4, -0.2) is 36.6 Å². The Morgan fingerprint density at radius 2 is 2.00 bits per heavy atom. The molecule has 3 rings (SSSR count). The van der Waals surface area contributed by atoms with E-state index in [4.69, 9.17) is 0 Å². The fourth-order valence-corrected chi connectivity index (χ4v) is 3.71. The zero-order chi connectivity index (χ0) is 14.7. The van der Waals surface area contributed by atoms with Gasteiger partial charge in [-0.3, -0.25) is 4.90 Å². The van der Waals surface area contributed by atoms with Crippen LogP contribution < -0.4 is 5.32 Å². The molecule has 1 unspecified atom stereocenters. The van der Waals surface area contributed by atoms with Crippen LogP contribution in [0.5, 0.6) is 0 Å². The van der Waals surface area contributed by atoms with Crippen LogP contribution in [0.25, 0.3) is 0 Å². The predicted molar refractivity (Wildman–Crippen MR) is 89.7 cm³/mol. The fraction of sp³-hybridized carbons (Fsp3) is 0.579. The van der Waals surface area contributed by atoms with Crippen molar-refractivity contribution in [3.05, 3.63) is 47.0 Å². The van der Waals surface area contributed by atoms with E-state index >= 15 is 0 Å². The van der Waals surface area contributed by atoms with E-state index in [0.717, 1.165) is 12.6 Å². The summed E-state index contributed by atoms with van der Waals surface area (Å²) in [5.74, 6) is 0. The lowest BCUT2D eigenvalue weighted by atomic mass is 10.0. The van der Waals surface area contributed by atoms with Crippen LogP contribution in [0, 0.1) is 0 Å². The first kappa shape index (κ1) is 14.8. The maximum Gasteiger partial charge on any atom is 0.0198 e. The topological polar surface area (TPSA) is 15.3 Å². The molecule has 0 bridgehead atoms. The zero-order valence-electron chi connectivity index (χ0n) is 13.4. The van der Waals surface area contributed by atoms with Gasteiger partial charge in [-0.05, 0) is 57.2 Å². The molecule has 2 heteroatoms. The Labute approximate surface area is 129 Å². The molecule has 0 spiro atoms. The highest BCUT2D eigenvalue weighted by molar-refractivity contribution is 5.33. The molecule has 0 aromatic heterocycles. The van der Waals surface area contributed by atoms with Gasteiger partial charge in [0.05, 0.1) is 0 Å². The van der Waals surface area contributed by atoms with Crippen molar-refractivity contribution in [2.75, 3.05) is 19.6 Å². The summed E-state index contributed by atoms with van der Waals surface area (Å²) in [6.45, 7) is 7.87. The Morgan fingerprint density at radius 3 is 2.67 bits per heavy atom. The largest absolute Gasteiger partial charge is 0.309 e. The summed E-state index contributed by atoms with van der Waals surface area (Å²) in [4.78, 5) is 2.73. The predicted octanol–water partition coefficient (Wildman–Crippen LogP) is 3.17. The van der Waals surface area contributed by atoms with Crippen LogP contribution >= 0.6 is 0 Å². The van der Waals surface area contributed by atoms with E-state index in [1.54, 1.807) is 11.1 Å². The monoisotopic (exact) mass is 284 g/mol. The molecule has 0 saturated carbocycles. The average Bonchev–Trinajstić information content (AvgIpc) is 2.97. The molecule has 0 radical (unpaired) electrons. The zero-order valence-corrected chi connectivity index (χ0v) is 13.4. The molecule has 1 heterocycles. The minimum Gasteiger partial charge on any atom is -0.309 e. The summed E-state index contributed by atoms with van der Waals surface area (Å²) in [5.41, 5.74) is 4.59. The van der Waals surface area contributed by atoms with E-state index in [9.17, 15) is 0 Å². The molecule has 1 aromatic carbocycles. The molecular formula is C19H28N2. The molecule has 2 nitrogen and oxygen atoms in total. The number of hydrogen-bond donors (Lipinski definition) is 1. The van der Waals surface area contributed by atoms with E-state index in [1.807, 2.05) is 0 Å². The standard InChI is InChI=1S/C19H28N2/c1-3-15(2)13-20-18-9-6-10-21(14-18)19-11-16-7-4-5-8-17(16)12-19/h3-5,7-8,18-20H,6,9-14H2,1-2H3/b15-3+. The number of piperidine rings is 1. The van der Waals surface area contributed by atoms with E-state index in [1.165, 1.54) is 44.3 Å². The molecule has 21 heavy (non-hydrogen) atoms. The number of nitrogens with one attached hydrogen (secondary N) is 1. The van der Waals surface area contributed by atoms with Crippen molar-refractivity contribution in [2.45, 2.75) is 51.6 Å². The average molecular weight is 284 g/mol. The minimum absolute atomic E-state index is 0.664. The van der Waals surface area contributed by atoms with Gasteiger partial charge in [-0.2, -0.15) is 0 Å². The second-order valence-corrected chi connectivity index (χ2v) is 6.68. The van der Waals surface area contributed by atoms with Gasteiger partial charge in [0, 0.05) is 25.2 Å². The lowest BCUT2D eigenvalue weighted by Crippen LogP contribution is -2.50. The SMILES string of the molecule is C/C=C(\C)CNC1CCCN(C2Cc3ccccc3C2)C1. The van der Waals surface area contributed by atoms with E-state index in [0.29, 0.717) is 6.04 Å². The summed E-state index contributed by atoms with van der Waals surface area (Å²) in [5, 5.41) is 3.74. The van der Waals surface area contributed by atoms with Crippen LogP contribution in [0.15, 0.2) is 35.9 Å². The number of fused-ring (bicyclic) bond motifs is 1. The van der Waals surface area contributed by atoms with Crippen molar-refractivity contribution >= 4 is 0 Å². The third kappa shape index (κ3) is 3.56. The van der Waals surface area contributed by atoms with E-state index < -0.39 is 0 Å². The number of rotatable bonds is 4. The summed E-state index contributed by atoms with van der Waals surface area (Å²) >= 11 is 0. The molecule has 1 saturated heterocycles. The van der Waals surface area contributed by atoms with Crippen LogP contribution in [0.2, 0.25) is 0 Å². The molecule has 0 amide bonds. The molecule has 1 N–H and O–H groups in total. The molecule has 2 aliphatic rings. The molecule has 114 valence electrons. The molecule has 1 aromatic rings. The fourth-order valence-electron chi connectivity index (χ4n) is 3.71. The molecule has 1 aliphatic heterocycles. The van der Waals surface area contributed by atoms with Crippen molar-refractivity contribution < 1.29 is 0 Å². The van der Waals surface area contributed by atoms with Crippen LogP contribution in [-0.2, 0) is 12.8 Å². The van der Waals surface area contributed by atoms with Gasteiger partial charge in [-0.25, -0.2) is 0 Å². The van der Waals surface area contributed by atoms with Crippen LogP contribution in [0.1, 0.15) is 37.8 Å². The second-order valence-electron chi connectivity index (χ2n) is 6.68. The van der Waals surface area contributed by atoms with Gasteiger partial charge in [0.15, 0.2) is 0 Å². The number of benzene rings is 1. The first-order valence-corrected chi connectivity index (χ1v) is 8.42. The lowest BCUT2D eigenvalue weighted by molar-refractivity contribution is 0.142. The molecular weight excluding hydrogens is 256 g/mol. The van der Waals surface area contributed by atoms with Gasteiger partial charge in [0.2, 0.25) is 0 Å². The lowest BCUT2D eigenvalue weighted by Gasteiger charge is -2.37. The normalized spacial score (nSPS) is 24.3. The first-order valence-electron chi connectivity index (χ1n) is 8.42. The smallest absolute Gasteiger partial charge is 0.0198 e. The Kier molecular flexibility index (Phi) is 4.77. The van der Waals surface area contributed by atoms with Gasteiger partial charge in [0.25, 0.3) is 0 Å². The van der Waals surface area contributed by atoms with E-state index in [2.05, 4.69) is 54.4 Å². The van der Waals surface area contributed by atoms with Crippen molar-refractivity contribution in [3.8, 4) is 0 Å². The van der Waals surface area contributed by atoms with Gasteiger partial charge >= 0.3 is 0 Å². The number of allylic oxidation sites excluding steroid dienone is 1. The summed E-state index contributed by atoms with van der Waals surface area (Å²) in [7, 11) is 0. The van der Waals surface area contributed by atoms with Crippen LogP contribution in [0.3, 0.4) is 0 Å². The minimum atomic E-state index is 0.664. The van der Waals surface area contributed by atoms with Crippen molar-refractivity contribution in [1.29, 1.82) is 0 Å². The second kappa shape index (κ2) is 6.76. The summed E-state index contributed by atoms with van der Waals surface area (Å²) in [6.07, 6.45) is 7.36. The molecule has 1 fully saturated rings. The van der Waals surface area contributed by atoms with Crippen LogP contribution in [0.4, 0.5) is 0 Å². The maximum absolute atomic E-state index is 3.74. The van der Waals surface area contributed by atoms with Gasteiger partial charge < -0.3 is 5.32 Å². The highest BCUT2D eigenvalue weighted by atomic mass is 15.2. The third-order valence-corrected chi connectivity index (χ3v) is 5.16. The van der Waals surface area contributed by atoms with Crippen molar-refractivity contribution in [2.24, 2.45) is 0 Å². The molecule has 1 atom stereocenters. The summed E-state index contributed by atoms with van der Waals surface area (Å²) < 4.78 is 0. The van der Waals surface area contributed by atoms with E-state index in [-0.39, 0.29) is 0 Å². The quantitative estimate of drug-likeness (QED) is 0.854. The number of likely N-dealkylation sites (tertiary alicyclic amines) is 1. The first-order chi connectivity index (χ1) is 10.3.